The standard InChI is InChI=1S/C15H19F4NO/c16-12-10(7-4-8-11(12)15(17,18)19)13(20)14(21)9-5-2-1-3-6-9/h4,7-9,13-14,21H,1-3,5-6,20H2/t13-,14+/m1/s1. The predicted octanol–water partition coefficient (Wildman–Crippen LogP) is 3.79. The van der Waals surface area contributed by atoms with E-state index in [0.29, 0.717) is 6.07 Å². The van der Waals surface area contributed by atoms with Gasteiger partial charge >= 0.3 is 6.18 Å². The van der Waals surface area contributed by atoms with Crippen molar-refractivity contribution < 1.29 is 22.7 Å². The molecule has 21 heavy (non-hydrogen) atoms. The lowest BCUT2D eigenvalue weighted by Gasteiger charge is -2.31. The third-order valence-electron chi connectivity index (χ3n) is 4.19. The highest BCUT2D eigenvalue weighted by Gasteiger charge is 2.37. The van der Waals surface area contributed by atoms with Gasteiger partial charge in [-0.25, -0.2) is 4.39 Å². The molecular weight excluding hydrogens is 286 g/mol. The van der Waals surface area contributed by atoms with Gasteiger partial charge in [0.15, 0.2) is 0 Å². The molecule has 0 bridgehead atoms. The molecule has 1 fully saturated rings. The summed E-state index contributed by atoms with van der Waals surface area (Å²) in [5, 5.41) is 10.2. The van der Waals surface area contributed by atoms with Crippen molar-refractivity contribution in [2.45, 2.75) is 50.4 Å². The second-order valence-electron chi connectivity index (χ2n) is 5.62. The lowest BCUT2D eigenvalue weighted by Crippen LogP contribution is -2.35. The molecule has 6 heteroatoms. The molecule has 2 rings (SSSR count). The van der Waals surface area contributed by atoms with E-state index >= 15 is 0 Å². The molecule has 0 saturated heterocycles. The number of rotatable bonds is 3. The fraction of sp³-hybridized carbons (Fsp3) is 0.600. The maximum Gasteiger partial charge on any atom is 0.419 e. The predicted molar refractivity (Wildman–Crippen MR) is 70.9 cm³/mol. The molecule has 2 atom stereocenters. The van der Waals surface area contributed by atoms with Crippen molar-refractivity contribution in [3.05, 3.63) is 35.1 Å². The molecular formula is C15H19F4NO. The second kappa shape index (κ2) is 6.32. The summed E-state index contributed by atoms with van der Waals surface area (Å²) in [7, 11) is 0. The van der Waals surface area contributed by atoms with E-state index in [0.717, 1.165) is 38.2 Å². The van der Waals surface area contributed by atoms with Gasteiger partial charge in [-0.15, -0.1) is 0 Å². The number of halogens is 4. The molecule has 0 aromatic heterocycles. The van der Waals surface area contributed by atoms with Crippen LogP contribution in [0.2, 0.25) is 0 Å². The van der Waals surface area contributed by atoms with Crippen molar-refractivity contribution in [2.24, 2.45) is 11.7 Å². The first-order chi connectivity index (χ1) is 9.82. The molecule has 1 aromatic rings. The number of hydrogen-bond acceptors (Lipinski definition) is 2. The third-order valence-corrected chi connectivity index (χ3v) is 4.19. The first-order valence-electron chi connectivity index (χ1n) is 7.11. The Kier molecular flexibility index (Phi) is 4.88. The number of aliphatic hydroxyl groups excluding tert-OH is 1. The Morgan fingerprint density at radius 1 is 1.14 bits per heavy atom. The van der Waals surface area contributed by atoms with E-state index in [1.54, 1.807) is 0 Å². The van der Waals surface area contributed by atoms with E-state index in [1.807, 2.05) is 0 Å². The maximum absolute atomic E-state index is 14.0. The Bertz CT molecular complexity index is 483. The zero-order chi connectivity index (χ0) is 15.6. The summed E-state index contributed by atoms with van der Waals surface area (Å²) in [5.74, 6) is -1.46. The van der Waals surface area contributed by atoms with Gasteiger partial charge in [-0.05, 0) is 24.8 Å². The van der Waals surface area contributed by atoms with Crippen molar-refractivity contribution >= 4 is 0 Å². The fourth-order valence-electron chi connectivity index (χ4n) is 2.98. The highest BCUT2D eigenvalue weighted by atomic mass is 19.4. The maximum atomic E-state index is 14.0. The first-order valence-corrected chi connectivity index (χ1v) is 7.11. The Balaban J connectivity index is 2.24. The Morgan fingerprint density at radius 3 is 2.33 bits per heavy atom. The molecule has 1 aromatic carbocycles. The average molecular weight is 305 g/mol. The average Bonchev–Trinajstić information content (AvgIpc) is 2.45. The molecule has 0 radical (unpaired) electrons. The van der Waals surface area contributed by atoms with Crippen molar-refractivity contribution in [2.75, 3.05) is 0 Å². The van der Waals surface area contributed by atoms with Crippen LogP contribution in [0.15, 0.2) is 18.2 Å². The first kappa shape index (κ1) is 16.2. The Labute approximate surface area is 121 Å². The van der Waals surface area contributed by atoms with Crippen LogP contribution in [0.4, 0.5) is 17.6 Å². The molecule has 1 saturated carbocycles. The van der Waals surface area contributed by atoms with Crippen LogP contribution in [0.25, 0.3) is 0 Å². The largest absolute Gasteiger partial charge is 0.419 e. The molecule has 0 aliphatic heterocycles. The minimum atomic E-state index is -4.77. The molecule has 1 aliphatic carbocycles. The minimum Gasteiger partial charge on any atom is -0.391 e. The van der Waals surface area contributed by atoms with Gasteiger partial charge in [-0.3, -0.25) is 0 Å². The molecule has 0 heterocycles. The van der Waals surface area contributed by atoms with Gasteiger partial charge in [0.2, 0.25) is 0 Å². The van der Waals surface area contributed by atoms with Gasteiger partial charge < -0.3 is 10.8 Å². The molecule has 0 unspecified atom stereocenters. The zero-order valence-electron chi connectivity index (χ0n) is 11.5. The van der Waals surface area contributed by atoms with Crippen LogP contribution in [-0.4, -0.2) is 11.2 Å². The highest BCUT2D eigenvalue weighted by molar-refractivity contribution is 5.31. The van der Waals surface area contributed by atoms with Gasteiger partial charge in [-0.1, -0.05) is 31.4 Å². The number of nitrogens with two attached hydrogens (primary N) is 1. The topological polar surface area (TPSA) is 46.2 Å². The van der Waals surface area contributed by atoms with Crippen LogP contribution in [0.5, 0.6) is 0 Å². The lowest BCUT2D eigenvalue weighted by atomic mass is 9.81. The van der Waals surface area contributed by atoms with Crippen molar-refractivity contribution in [1.29, 1.82) is 0 Å². The summed E-state index contributed by atoms with van der Waals surface area (Å²) in [6, 6.07) is 1.87. The smallest absolute Gasteiger partial charge is 0.391 e. The molecule has 1 aliphatic rings. The van der Waals surface area contributed by atoms with E-state index in [4.69, 9.17) is 5.73 Å². The number of aliphatic hydroxyl groups is 1. The van der Waals surface area contributed by atoms with Gasteiger partial charge in [-0.2, -0.15) is 13.2 Å². The van der Waals surface area contributed by atoms with Crippen molar-refractivity contribution in [3.8, 4) is 0 Å². The van der Waals surface area contributed by atoms with Gasteiger partial charge in [0.05, 0.1) is 17.7 Å². The van der Waals surface area contributed by atoms with E-state index in [1.165, 1.54) is 6.07 Å². The van der Waals surface area contributed by atoms with E-state index in [2.05, 4.69) is 0 Å². The summed E-state index contributed by atoms with van der Waals surface area (Å²) in [5.41, 5.74) is 4.21. The number of hydrogen-bond donors (Lipinski definition) is 2. The van der Waals surface area contributed by atoms with Gasteiger partial charge in [0.1, 0.15) is 5.82 Å². The molecule has 2 nitrogen and oxygen atoms in total. The summed E-state index contributed by atoms with van der Waals surface area (Å²) in [6.07, 6.45) is -1.25. The summed E-state index contributed by atoms with van der Waals surface area (Å²) >= 11 is 0. The van der Waals surface area contributed by atoms with E-state index in [9.17, 15) is 22.7 Å². The SMILES string of the molecule is N[C@H](c1cccc(C(F)(F)F)c1F)[C@@H](O)C1CCCCC1. The molecule has 0 spiro atoms. The normalized spacial score (nSPS) is 20.3. The quantitative estimate of drug-likeness (QED) is 0.835. The molecule has 0 amide bonds. The zero-order valence-corrected chi connectivity index (χ0v) is 11.5. The summed E-state index contributed by atoms with van der Waals surface area (Å²) in [4.78, 5) is 0. The summed E-state index contributed by atoms with van der Waals surface area (Å²) in [6.45, 7) is 0. The number of benzene rings is 1. The fourth-order valence-corrected chi connectivity index (χ4v) is 2.98. The Hall–Kier alpha value is -1.14. The van der Waals surface area contributed by atoms with Gasteiger partial charge in [0.25, 0.3) is 0 Å². The summed E-state index contributed by atoms with van der Waals surface area (Å²) < 4.78 is 52.1. The monoisotopic (exact) mass is 305 g/mol. The van der Waals surface area contributed by atoms with E-state index < -0.39 is 29.7 Å². The highest BCUT2D eigenvalue weighted by Crippen LogP contribution is 2.36. The van der Waals surface area contributed by atoms with Crippen molar-refractivity contribution in [3.63, 3.8) is 0 Å². The number of alkyl halides is 3. The molecule has 3 N–H and O–H groups in total. The van der Waals surface area contributed by atoms with Crippen LogP contribution in [0.3, 0.4) is 0 Å². The van der Waals surface area contributed by atoms with E-state index in [-0.39, 0.29) is 11.5 Å². The second-order valence-corrected chi connectivity index (χ2v) is 5.62. The van der Waals surface area contributed by atoms with Crippen LogP contribution in [0, 0.1) is 11.7 Å². The van der Waals surface area contributed by atoms with Crippen LogP contribution >= 0.6 is 0 Å². The van der Waals surface area contributed by atoms with Crippen LogP contribution in [-0.2, 0) is 6.18 Å². The van der Waals surface area contributed by atoms with Crippen LogP contribution < -0.4 is 5.73 Å². The lowest BCUT2D eigenvalue weighted by molar-refractivity contribution is -0.140. The van der Waals surface area contributed by atoms with Gasteiger partial charge in [0, 0.05) is 5.56 Å². The molecule has 118 valence electrons. The van der Waals surface area contributed by atoms with Crippen molar-refractivity contribution in [1.82, 2.24) is 0 Å². The van der Waals surface area contributed by atoms with Crippen LogP contribution in [0.1, 0.15) is 49.3 Å². The minimum absolute atomic E-state index is 0.0808. The Morgan fingerprint density at radius 2 is 1.76 bits per heavy atom. The third kappa shape index (κ3) is 3.55.